The Labute approximate surface area is 214 Å². The molecule has 0 radical (unpaired) electrons. The van der Waals surface area contributed by atoms with Crippen molar-refractivity contribution in [1.82, 2.24) is 30.4 Å². The number of nitrogens with zero attached hydrogens (tertiary/aromatic N) is 5. The van der Waals surface area contributed by atoms with Crippen LogP contribution in [0.25, 0.3) is 11.4 Å². The number of aromatic nitrogens is 4. The Bertz CT molecular complexity index is 1220. The standard InChI is InChI=1S/C26H31FN6O4/c1-26(2,3)28-25(36)23(17-8-12-20(34)13-9-17)32(15-21-5-4-14-37-21)22(35)16-33-30-24(29-31-33)18-6-10-19(27)11-7-18/h6-13,21,23,34H,4-5,14-16H2,1-3H3,(H,28,36)/t21-,23-/m0/s1. The first kappa shape index (κ1) is 26.2. The fraction of sp³-hybridized carbons (Fsp3) is 0.423. The van der Waals surface area contributed by atoms with Gasteiger partial charge in [-0.3, -0.25) is 9.59 Å². The number of phenols is 1. The summed E-state index contributed by atoms with van der Waals surface area (Å²) >= 11 is 0. The summed E-state index contributed by atoms with van der Waals surface area (Å²) in [5, 5.41) is 25.0. The fourth-order valence-electron chi connectivity index (χ4n) is 4.16. The van der Waals surface area contributed by atoms with Gasteiger partial charge < -0.3 is 20.1 Å². The first-order chi connectivity index (χ1) is 17.6. The fourth-order valence-corrected chi connectivity index (χ4v) is 4.16. The first-order valence-corrected chi connectivity index (χ1v) is 12.1. The van der Waals surface area contributed by atoms with Crippen molar-refractivity contribution in [3.63, 3.8) is 0 Å². The molecule has 2 N–H and O–H groups in total. The Morgan fingerprint density at radius 2 is 1.89 bits per heavy atom. The van der Waals surface area contributed by atoms with Crippen molar-refractivity contribution in [3.8, 4) is 17.1 Å². The van der Waals surface area contributed by atoms with Crippen molar-refractivity contribution in [1.29, 1.82) is 0 Å². The Hall–Kier alpha value is -3.86. The molecule has 0 saturated carbocycles. The lowest BCUT2D eigenvalue weighted by Gasteiger charge is -2.35. The van der Waals surface area contributed by atoms with Crippen LogP contribution in [0, 0.1) is 5.82 Å². The minimum atomic E-state index is -0.975. The molecular formula is C26H31FN6O4. The number of aromatic hydroxyl groups is 1. The maximum Gasteiger partial charge on any atom is 0.247 e. The summed E-state index contributed by atoms with van der Waals surface area (Å²) in [4.78, 5) is 29.9. The zero-order chi connectivity index (χ0) is 26.6. The number of hydrogen-bond acceptors (Lipinski definition) is 7. The number of nitrogens with one attached hydrogen (secondary N) is 1. The molecule has 1 aromatic heterocycles. The largest absolute Gasteiger partial charge is 0.508 e. The maximum atomic E-state index is 13.7. The van der Waals surface area contributed by atoms with Crippen LogP contribution in [0.15, 0.2) is 48.5 Å². The molecule has 11 heteroatoms. The van der Waals surface area contributed by atoms with E-state index in [4.69, 9.17) is 4.74 Å². The number of tetrazole rings is 1. The van der Waals surface area contributed by atoms with E-state index in [1.54, 1.807) is 12.1 Å². The van der Waals surface area contributed by atoms with Gasteiger partial charge in [0.1, 0.15) is 24.2 Å². The van der Waals surface area contributed by atoms with Gasteiger partial charge in [-0.1, -0.05) is 12.1 Å². The van der Waals surface area contributed by atoms with Gasteiger partial charge in [-0.25, -0.2) is 4.39 Å². The van der Waals surface area contributed by atoms with Crippen LogP contribution in [0.3, 0.4) is 0 Å². The second-order valence-electron chi connectivity index (χ2n) is 10.1. The molecule has 0 bridgehead atoms. The zero-order valence-corrected chi connectivity index (χ0v) is 21.1. The lowest BCUT2D eigenvalue weighted by Crippen LogP contribution is -2.51. The van der Waals surface area contributed by atoms with Crippen LogP contribution in [-0.2, 0) is 20.9 Å². The molecular weight excluding hydrogens is 479 g/mol. The zero-order valence-electron chi connectivity index (χ0n) is 21.1. The van der Waals surface area contributed by atoms with Crippen LogP contribution in [0.4, 0.5) is 4.39 Å². The summed E-state index contributed by atoms with van der Waals surface area (Å²) in [6.07, 6.45) is 1.42. The van der Waals surface area contributed by atoms with E-state index >= 15 is 0 Å². The highest BCUT2D eigenvalue weighted by Gasteiger charge is 2.36. The lowest BCUT2D eigenvalue weighted by molar-refractivity contribution is -0.144. The average Bonchev–Trinajstić information content (AvgIpc) is 3.51. The smallest absolute Gasteiger partial charge is 0.247 e. The van der Waals surface area contributed by atoms with E-state index in [-0.39, 0.29) is 42.5 Å². The van der Waals surface area contributed by atoms with E-state index < -0.39 is 17.5 Å². The quantitative estimate of drug-likeness (QED) is 0.478. The second kappa shape index (κ2) is 11.0. The van der Waals surface area contributed by atoms with Crippen LogP contribution < -0.4 is 5.32 Å². The molecule has 10 nitrogen and oxygen atoms in total. The molecule has 1 aliphatic rings. The molecule has 0 spiro atoms. The van der Waals surface area contributed by atoms with Gasteiger partial charge in [0.2, 0.25) is 17.6 Å². The molecule has 4 rings (SSSR count). The van der Waals surface area contributed by atoms with Gasteiger partial charge in [0.15, 0.2) is 0 Å². The van der Waals surface area contributed by atoms with Gasteiger partial charge >= 0.3 is 0 Å². The van der Waals surface area contributed by atoms with Crippen molar-refractivity contribution in [2.45, 2.75) is 57.8 Å². The van der Waals surface area contributed by atoms with Crippen LogP contribution in [-0.4, -0.2) is 66.8 Å². The van der Waals surface area contributed by atoms with Crippen molar-refractivity contribution in [2.75, 3.05) is 13.2 Å². The van der Waals surface area contributed by atoms with E-state index in [2.05, 4.69) is 20.7 Å². The van der Waals surface area contributed by atoms with Crippen molar-refractivity contribution >= 4 is 11.8 Å². The van der Waals surface area contributed by atoms with Crippen LogP contribution >= 0.6 is 0 Å². The number of ether oxygens (including phenoxy) is 1. The molecule has 2 amide bonds. The van der Waals surface area contributed by atoms with Crippen LogP contribution in [0.5, 0.6) is 5.75 Å². The summed E-state index contributed by atoms with van der Waals surface area (Å²) in [5.74, 6) is -0.844. The van der Waals surface area contributed by atoms with Crippen molar-refractivity contribution in [3.05, 3.63) is 59.9 Å². The monoisotopic (exact) mass is 510 g/mol. The molecule has 0 aliphatic carbocycles. The van der Waals surface area contributed by atoms with Crippen LogP contribution in [0.2, 0.25) is 0 Å². The number of carbonyl (C=O) groups is 2. The molecule has 2 aromatic carbocycles. The molecule has 1 fully saturated rings. The molecule has 0 unspecified atom stereocenters. The number of hydrogen-bond donors (Lipinski definition) is 2. The third kappa shape index (κ3) is 6.88. The van der Waals surface area contributed by atoms with Gasteiger partial charge in [0, 0.05) is 24.3 Å². The number of phenolic OH excluding ortho intramolecular Hbond substituents is 1. The number of halogens is 1. The third-order valence-corrected chi connectivity index (χ3v) is 5.84. The highest BCUT2D eigenvalue weighted by molar-refractivity contribution is 5.89. The molecule has 2 heterocycles. The van der Waals surface area contributed by atoms with E-state index in [1.165, 1.54) is 41.3 Å². The number of benzene rings is 2. The molecule has 1 aliphatic heterocycles. The minimum Gasteiger partial charge on any atom is -0.508 e. The Morgan fingerprint density at radius 3 is 2.51 bits per heavy atom. The lowest BCUT2D eigenvalue weighted by atomic mass is 10.0. The molecule has 3 aromatic rings. The predicted molar refractivity (Wildman–Crippen MR) is 133 cm³/mol. The van der Waals surface area contributed by atoms with E-state index in [1.807, 2.05) is 20.8 Å². The Kier molecular flexibility index (Phi) is 7.82. The van der Waals surface area contributed by atoms with Crippen LogP contribution in [0.1, 0.15) is 45.2 Å². The highest BCUT2D eigenvalue weighted by atomic mass is 19.1. The third-order valence-electron chi connectivity index (χ3n) is 5.84. The van der Waals surface area contributed by atoms with Crippen molar-refractivity contribution in [2.24, 2.45) is 0 Å². The molecule has 2 atom stereocenters. The highest BCUT2D eigenvalue weighted by Crippen LogP contribution is 2.27. The molecule has 196 valence electrons. The molecule has 37 heavy (non-hydrogen) atoms. The van der Waals surface area contributed by atoms with E-state index in [9.17, 15) is 19.1 Å². The van der Waals surface area contributed by atoms with E-state index in [0.717, 1.165) is 17.6 Å². The maximum absolute atomic E-state index is 13.7. The predicted octanol–water partition coefficient (Wildman–Crippen LogP) is 2.85. The number of rotatable bonds is 8. The Balaban J connectivity index is 1.64. The van der Waals surface area contributed by atoms with Gasteiger partial charge in [0.05, 0.1) is 6.10 Å². The second-order valence-corrected chi connectivity index (χ2v) is 10.1. The van der Waals surface area contributed by atoms with Gasteiger partial charge in [-0.15, -0.1) is 10.2 Å². The minimum absolute atomic E-state index is 0.0517. The van der Waals surface area contributed by atoms with Gasteiger partial charge in [-0.2, -0.15) is 4.80 Å². The van der Waals surface area contributed by atoms with Crippen molar-refractivity contribution < 1.29 is 23.8 Å². The normalized spacial score (nSPS) is 16.4. The topological polar surface area (TPSA) is 122 Å². The molecule has 1 saturated heterocycles. The Morgan fingerprint density at radius 1 is 1.19 bits per heavy atom. The average molecular weight is 511 g/mol. The summed E-state index contributed by atoms with van der Waals surface area (Å²) in [7, 11) is 0. The summed E-state index contributed by atoms with van der Waals surface area (Å²) < 4.78 is 19.1. The number of carbonyl (C=O) groups excluding carboxylic acids is 2. The van der Waals surface area contributed by atoms with Gasteiger partial charge in [-0.05, 0) is 80.8 Å². The SMILES string of the molecule is CC(C)(C)NC(=O)[C@H](c1ccc(O)cc1)N(C[C@@H]1CCCO1)C(=O)Cn1nnc(-c2ccc(F)cc2)n1. The summed E-state index contributed by atoms with van der Waals surface area (Å²) in [6, 6.07) is 10.9. The van der Waals surface area contributed by atoms with Gasteiger partial charge in [0.25, 0.3) is 0 Å². The summed E-state index contributed by atoms with van der Waals surface area (Å²) in [5.41, 5.74) is 0.565. The first-order valence-electron chi connectivity index (χ1n) is 12.1. The number of amides is 2. The van der Waals surface area contributed by atoms with E-state index in [0.29, 0.717) is 17.7 Å². The summed E-state index contributed by atoms with van der Waals surface area (Å²) in [6.45, 7) is 6.11.